The van der Waals surface area contributed by atoms with E-state index in [-0.39, 0.29) is 6.61 Å². The summed E-state index contributed by atoms with van der Waals surface area (Å²) in [5, 5.41) is 9.66. The van der Waals surface area contributed by atoms with Crippen LogP contribution >= 0.6 is 0 Å². The Morgan fingerprint density at radius 3 is 2.92 bits per heavy atom. The standard InChI is InChI=1S/C11H10O2/c12-7-3-5-10-8-9-4-1-2-6-11(9)13-10/h1-6,8,12H,7H2/b5-3-. The molecule has 2 nitrogen and oxygen atoms in total. The van der Waals surface area contributed by atoms with E-state index in [9.17, 15) is 0 Å². The summed E-state index contributed by atoms with van der Waals surface area (Å²) >= 11 is 0. The van der Waals surface area contributed by atoms with E-state index in [2.05, 4.69) is 0 Å². The van der Waals surface area contributed by atoms with Crippen molar-refractivity contribution >= 4 is 17.0 Å². The van der Waals surface area contributed by atoms with Gasteiger partial charge in [-0.1, -0.05) is 24.3 Å². The molecule has 0 unspecified atom stereocenters. The maximum atomic E-state index is 8.57. The van der Waals surface area contributed by atoms with E-state index >= 15 is 0 Å². The number of hydrogen-bond acceptors (Lipinski definition) is 2. The summed E-state index contributed by atoms with van der Waals surface area (Å²) in [6.45, 7) is 0.0387. The molecule has 0 spiro atoms. The SMILES string of the molecule is OC/C=C\c1cc2ccccc2o1. The number of benzene rings is 1. The molecule has 0 fully saturated rings. The Balaban J connectivity index is 2.44. The highest BCUT2D eigenvalue weighted by Crippen LogP contribution is 2.19. The molecule has 0 saturated heterocycles. The lowest BCUT2D eigenvalue weighted by Gasteiger charge is -1.83. The first-order valence-electron chi connectivity index (χ1n) is 4.16. The van der Waals surface area contributed by atoms with E-state index in [1.54, 1.807) is 12.2 Å². The highest BCUT2D eigenvalue weighted by atomic mass is 16.3. The fraction of sp³-hybridized carbons (Fsp3) is 0.0909. The first-order chi connectivity index (χ1) is 6.40. The molecule has 1 aromatic carbocycles. The predicted molar refractivity (Wildman–Crippen MR) is 52.3 cm³/mol. The molecule has 66 valence electrons. The van der Waals surface area contributed by atoms with Gasteiger partial charge in [-0.2, -0.15) is 0 Å². The van der Waals surface area contributed by atoms with Crippen molar-refractivity contribution in [2.24, 2.45) is 0 Å². The molecular weight excluding hydrogens is 164 g/mol. The van der Waals surface area contributed by atoms with Gasteiger partial charge in [0.2, 0.25) is 0 Å². The Morgan fingerprint density at radius 1 is 1.31 bits per heavy atom. The smallest absolute Gasteiger partial charge is 0.134 e. The predicted octanol–water partition coefficient (Wildman–Crippen LogP) is 2.44. The van der Waals surface area contributed by atoms with Gasteiger partial charge in [0.1, 0.15) is 11.3 Å². The van der Waals surface area contributed by atoms with Gasteiger partial charge in [0, 0.05) is 5.39 Å². The fourth-order valence-electron chi connectivity index (χ4n) is 1.25. The number of furan rings is 1. The number of aliphatic hydroxyl groups is 1. The molecule has 2 heteroatoms. The minimum absolute atomic E-state index is 0.0387. The summed E-state index contributed by atoms with van der Waals surface area (Å²) in [5.74, 6) is 0.773. The average molecular weight is 174 g/mol. The highest BCUT2D eigenvalue weighted by molar-refractivity contribution is 5.79. The zero-order chi connectivity index (χ0) is 9.10. The lowest BCUT2D eigenvalue weighted by molar-refractivity contribution is 0.343. The Morgan fingerprint density at radius 2 is 2.15 bits per heavy atom. The number of hydrogen-bond donors (Lipinski definition) is 1. The quantitative estimate of drug-likeness (QED) is 0.758. The Kier molecular flexibility index (Phi) is 2.15. The summed E-state index contributed by atoms with van der Waals surface area (Å²) in [4.78, 5) is 0. The third-order valence-corrected chi connectivity index (χ3v) is 1.83. The highest BCUT2D eigenvalue weighted by Gasteiger charge is 1.97. The molecule has 0 atom stereocenters. The molecule has 1 heterocycles. The summed E-state index contributed by atoms with van der Waals surface area (Å²) in [7, 11) is 0. The molecule has 1 N–H and O–H groups in total. The van der Waals surface area contributed by atoms with Crippen LogP contribution in [0.5, 0.6) is 0 Å². The van der Waals surface area contributed by atoms with Crippen LogP contribution in [0.25, 0.3) is 17.0 Å². The number of para-hydroxylation sites is 1. The largest absolute Gasteiger partial charge is 0.457 e. The Hall–Kier alpha value is -1.54. The second-order valence-corrected chi connectivity index (χ2v) is 2.77. The summed E-state index contributed by atoms with van der Waals surface area (Å²) in [6.07, 6.45) is 3.41. The van der Waals surface area contributed by atoms with Crippen LogP contribution < -0.4 is 0 Å². The minimum atomic E-state index is 0.0387. The van der Waals surface area contributed by atoms with Crippen LogP contribution in [-0.2, 0) is 0 Å². The Bertz CT molecular complexity index is 393. The van der Waals surface area contributed by atoms with Crippen molar-refractivity contribution < 1.29 is 9.52 Å². The molecule has 0 aliphatic carbocycles. The van der Waals surface area contributed by atoms with Crippen molar-refractivity contribution in [1.29, 1.82) is 0 Å². The maximum absolute atomic E-state index is 8.57. The van der Waals surface area contributed by atoms with E-state index in [1.807, 2.05) is 30.3 Å². The normalized spacial score (nSPS) is 11.5. The monoisotopic (exact) mass is 174 g/mol. The van der Waals surface area contributed by atoms with Gasteiger partial charge in [0.05, 0.1) is 6.61 Å². The van der Waals surface area contributed by atoms with Crippen molar-refractivity contribution in [2.75, 3.05) is 6.61 Å². The van der Waals surface area contributed by atoms with Crippen molar-refractivity contribution in [3.63, 3.8) is 0 Å². The van der Waals surface area contributed by atoms with Gasteiger partial charge >= 0.3 is 0 Å². The van der Waals surface area contributed by atoms with Crippen molar-refractivity contribution in [1.82, 2.24) is 0 Å². The van der Waals surface area contributed by atoms with Crippen LogP contribution in [0.15, 0.2) is 40.8 Å². The Labute approximate surface area is 76.1 Å². The van der Waals surface area contributed by atoms with Gasteiger partial charge in [-0.25, -0.2) is 0 Å². The molecule has 2 rings (SSSR count). The molecule has 0 amide bonds. The molecule has 13 heavy (non-hydrogen) atoms. The molecule has 0 saturated carbocycles. The molecule has 2 aromatic rings. The van der Waals surface area contributed by atoms with Crippen LogP contribution in [-0.4, -0.2) is 11.7 Å². The van der Waals surface area contributed by atoms with Crippen LogP contribution in [0.1, 0.15) is 5.76 Å². The second kappa shape index (κ2) is 3.46. The average Bonchev–Trinajstić information content (AvgIpc) is 2.57. The molecule has 0 bridgehead atoms. The van der Waals surface area contributed by atoms with E-state index in [1.165, 1.54) is 0 Å². The van der Waals surface area contributed by atoms with Gasteiger partial charge in [-0.15, -0.1) is 0 Å². The van der Waals surface area contributed by atoms with Crippen LogP contribution in [0.2, 0.25) is 0 Å². The summed E-state index contributed by atoms with van der Waals surface area (Å²) < 4.78 is 5.47. The summed E-state index contributed by atoms with van der Waals surface area (Å²) in [6, 6.07) is 9.77. The van der Waals surface area contributed by atoms with Crippen LogP contribution in [0, 0.1) is 0 Å². The van der Waals surface area contributed by atoms with Gasteiger partial charge in [-0.3, -0.25) is 0 Å². The molecule has 1 aromatic heterocycles. The molecule has 0 radical (unpaired) electrons. The zero-order valence-corrected chi connectivity index (χ0v) is 7.10. The molecule has 0 aliphatic rings. The third kappa shape index (κ3) is 1.63. The fourth-order valence-corrected chi connectivity index (χ4v) is 1.25. The number of aliphatic hydroxyl groups excluding tert-OH is 1. The van der Waals surface area contributed by atoms with E-state index in [4.69, 9.17) is 9.52 Å². The van der Waals surface area contributed by atoms with Crippen molar-refractivity contribution in [2.45, 2.75) is 0 Å². The zero-order valence-electron chi connectivity index (χ0n) is 7.10. The lowest BCUT2D eigenvalue weighted by Crippen LogP contribution is -1.69. The molecular formula is C11H10O2. The van der Waals surface area contributed by atoms with Crippen LogP contribution in [0.4, 0.5) is 0 Å². The first-order valence-corrected chi connectivity index (χ1v) is 4.16. The van der Waals surface area contributed by atoms with Crippen LogP contribution in [0.3, 0.4) is 0 Å². The van der Waals surface area contributed by atoms with Gasteiger partial charge in [-0.05, 0) is 18.2 Å². The van der Waals surface area contributed by atoms with E-state index < -0.39 is 0 Å². The van der Waals surface area contributed by atoms with Gasteiger partial charge in [0.15, 0.2) is 0 Å². The number of rotatable bonds is 2. The van der Waals surface area contributed by atoms with E-state index in [0.717, 1.165) is 16.7 Å². The summed E-state index contributed by atoms with van der Waals surface area (Å²) in [5.41, 5.74) is 0.875. The topological polar surface area (TPSA) is 33.4 Å². The molecule has 0 aliphatic heterocycles. The second-order valence-electron chi connectivity index (χ2n) is 2.77. The lowest BCUT2D eigenvalue weighted by atomic mass is 10.2. The van der Waals surface area contributed by atoms with Crippen molar-refractivity contribution in [3.05, 3.63) is 42.2 Å². The number of fused-ring (bicyclic) bond motifs is 1. The first kappa shape index (κ1) is 8.08. The maximum Gasteiger partial charge on any atom is 0.134 e. The minimum Gasteiger partial charge on any atom is -0.457 e. The van der Waals surface area contributed by atoms with E-state index in [0.29, 0.717) is 0 Å². The third-order valence-electron chi connectivity index (χ3n) is 1.83. The van der Waals surface area contributed by atoms with Crippen molar-refractivity contribution in [3.8, 4) is 0 Å². The van der Waals surface area contributed by atoms with Gasteiger partial charge in [0.25, 0.3) is 0 Å². The van der Waals surface area contributed by atoms with Gasteiger partial charge < -0.3 is 9.52 Å².